The third kappa shape index (κ3) is 1.21. The normalized spacial score (nSPS) is 11.0. The number of hydrogen-bond donors (Lipinski definition) is 1. The van der Waals surface area contributed by atoms with Gasteiger partial charge in [0.25, 0.3) is 5.56 Å². The maximum absolute atomic E-state index is 12.2. The number of H-pyrrole nitrogens is 1. The minimum absolute atomic E-state index is 0.136. The highest BCUT2D eigenvalue weighted by Crippen LogP contribution is 2.05. The van der Waals surface area contributed by atoms with E-state index < -0.39 is 6.67 Å². The lowest BCUT2D eigenvalue weighted by atomic mass is 10.2. The van der Waals surface area contributed by atoms with Crippen molar-refractivity contribution in [2.75, 3.05) is 6.67 Å². The summed E-state index contributed by atoms with van der Waals surface area (Å²) in [4.78, 5) is 14.1. The van der Waals surface area contributed by atoms with Gasteiger partial charge in [0.1, 0.15) is 5.65 Å². The number of rotatable bonds is 2. The summed E-state index contributed by atoms with van der Waals surface area (Å²) >= 11 is 0. The molecule has 0 aromatic carbocycles. The first-order valence-corrected chi connectivity index (χ1v) is 4.35. The largest absolute Gasteiger partial charge is 0.307 e. The molecule has 14 heavy (non-hydrogen) atoms. The van der Waals surface area contributed by atoms with E-state index in [1.54, 1.807) is 23.7 Å². The molecule has 0 spiro atoms. The number of aromatic nitrogens is 3. The fourth-order valence-electron chi connectivity index (χ4n) is 1.54. The summed E-state index contributed by atoms with van der Waals surface area (Å²) in [6, 6.07) is 1.70. The minimum Gasteiger partial charge on any atom is -0.307 e. The lowest BCUT2D eigenvalue weighted by molar-refractivity contribution is 0.492. The van der Waals surface area contributed by atoms with Crippen LogP contribution in [0, 0.1) is 6.92 Å². The molecular formula is C9H10FN3O. The van der Waals surface area contributed by atoms with E-state index in [1.165, 1.54) is 0 Å². The van der Waals surface area contributed by atoms with E-state index >= 15 is 0 Å². The molecule has 2 aromatic rings. The Morgan fingerprint density at radius 3 is 3.14 bits per heavy atom. The highest BCUT2D eigenvalue weighted by atomic mass is 19.1. The molecule has 0 atom stereocenters. The number of aryl methyl sites for hydroxylation is 1. The number of hydrogen-bond acceptors (Lipinski definition) is 2. The van der Waals surface area contributed by atoms with Crippen LogP contribution in [0.15, 0.2) is 17.1 Å². The zero-order chi connectivity index (χ0) is 10.1. The Labute approximate surface area is 79.4 Å². The fraction of sp³-hybridized carbons (Fsp3) is 0.333. The van der Waals surface area contributed by atoms with Crippen LogP contribution in [0.4, 0.5) is 4.39 Å². The predicted molar refractivity (Wildman–Crippen MR) is 50.2 cm³/mol. The van der Waals surface area contributed by atoms with Gasteiger partial charge < -0.3 is 4.98 Å². The lowest BCUT2D eigenvalue weighted by Gasteiger charge is -2.04. The molecule has 2 rings (SSSR count). The second-order valence-corrected chi connectivity index (χ2v) is 3.09. The summed E-state index contributed by atoms with van der Waals surface area (Å²) in [6.45, 7) is 1.23. The molecule has 1 N–H and O–H groups in total. The summed E-state index contributed by atoms with van der Waals surface area (Å²) in [5.74, 6) is 0. The number of halogens is 1. The smallest absolute Gasteiger partial charge is 0.254 e. The SMILES string of the molecule is Cc1c(CCF)c(=O)[nH]c2ccnn12. The molecule has 5 heteroatoms. The molecule has 0 saturated carbocycles. The Bertz CT molecular complexity index is 514. The highest BCUT2D eigenvalue weighted by molar-refractivity contribution is 5.39. The van der Waals surface area contributed by atoms with Gasteiger partial charge in [-0.05, 0) is 6.92 Å². The van der Waals surface area contributed by atoms with E-state index in [0.29, 0.717) is 16.9 Å². The van der Waals surface area contributed by atoms with Gasteiger partial charge in [-0.2, -0.15) is 5.10 Å². The van der Waals surface area contributed by atoms with Crippen LogP contribution in [0.3, 0.4) is 0 Å². The summed E-state index contributed by atoms with van der Waals surface area (Å²) in [5, 5.41) is 4.03. The van der Waals surface area contributed by atoms with Crippen LogP contribution in [0.1, 0.15) is 11.3 Å². The first-order valence-electron chi connectivity index (χ1n) is 4.35. The van der Waals surface area contributed by atoms with E-state index in [1.807, 2.05) is 0 Å². The first-order chi connectivity index (χ1) is 6.74. The Kier molecular flexibility index (Phi) is 2.07. The Morgan fingerprint density at radius 2 is 2.43 bits per heavy atom. The van der Waals surface area contributed by atoms with Gasteiger partial charge in [0.2, 0.25) is 0 Å². The molecule has 0 amide bonds. The van der Waals surface area contributed by atoms with Crippen molar-refractivity contribution in [2.45, 2.75) is 13.3 Å². The van der Waals surface area contributed by atoms with Gasteiger partial charge in [0.15, 0.2) is 0 Å². The van der Waals surface area contributed by atoms with Crippen molar-refractivity contribution in [3.8, 4) is 0 Å². The summed E-state index contributed by atoms with van der Waals surface area (Å²) in [5.41, 5.74) is 1.57. The van der Waals surface area contributed by atoms with E-state index in [0.717, 1.165) is 0 Å². The van der Waals surface area contributed by atoms with Gasteiger partial charge in [-0.15, -0.1) is 0 Å². The van der Waals surface area contributed by atoms with Crippen molar-refractivity contribution < 1.29 is 4.39 Å². The third-order valence-corrected chi connectivity index (χ3v) is 2.26. The Morgan fingerprint density at radius 1 is 1.64 bits per heavy atom. The van der Waals surface area contributed by atoms with Gasteiger partial charge in [0, 0.05) is 18.1 Å². The van der Waals surface area contributed by atoms with Crippen LogP contribution < -0.4 is 5.56 Å². The van der Waals surface area contributed by atoms with Gasteiger partial charge >= 0.3 is 0 Å². The average molecular weight is 195 g/mol. The average Bonchev–Trinajstić information content (AvgIpc) is 2.60. The molecule has 0 aliphatic carbocycles. The monoisotopic (exact) mass is 195 g/mol. The van der Waals surface area contributed by atoms with Crippen molar-refractivity contribution in [3.05, 3.63) is 33.9 Å². The lowest BCUT2D eigenvalue weighted by Crippen LogP contribution is -2.18. The van der Waals surface area contributed by atoms with Crippen molar-refractivity contribution in [3.63, 3.8) is 0 Å². The summed E-state index contributed by atoms with van der Waals surface area (Å²) in [6.07, 6.45) is 1.73. The molecule has 2 aromatic heterocycles. The van der Waals surface area contributed by atoms with Crippen LogP contribution in [-0.2, 0) is 6.42 Å². The van der Waals surface area contributed by atoms with E-state index in [-0.39, 0.29) is 12.0 Å². The van der Waals surface area contributed by atoms with Gasteiger partial charge in [0.05, 0.1) is 18.6 Å². The van der Waals surface area contributed by atoms with E-state index in [2.05, 4.69) is 10.1 Å². The number of fused-ring (bicyclic) bond motifs is 1. The van der Waals surface area contributed by atoms with Crippen molar-refractivity contribution >= 4 is 5.65 Å². The first kappa shape index (κ1) is 8.93. The van der Waals surface area contributed by atoms with E-state index in [9.17, 15) is 9.18 Å². The molecule has 0 unspecified atom stereocenters. The molecule has 0 radical (unpaired) electrons. The van der Waals surface area contributed by atoms with Crippen molar-refractivity contribution in [1.29, 1.82) is 0 Å². The highest BCUT2D eigenvalue weighted by Gasteiger charge is 2.08. The predicted octanol–water partition coefficient (Wildman–Crippen LogP) is 0.843. The Hall–Kier alpha value is -1.65. The van der Waals surface area contributed by atoms with Crippen molar-refractivity contribution in [2.24, 2.45) is 0 Å². The molecule has 0 fully saturated rings. The van der Waals surface area contributed by atoms with Crippen LogP contribution in [-0.4, -0.2) is 21.3 Å². The zero-order valence-electron chi connectivity index (χ0n) is 7.75. The quantitative estimate of drug-likeness (QED) is 0.772. The molecule has 0 aliphatic rings. The number of alkyl halides is 1. The van der Waals surface area contributed by atoms with Crippen LogP contribution in [0.25, 0.3) is 5.65 Å². The van der Waals surface area contributed by atoms with Crippen LogP contribution >= 0.6 is 0 Å². The molecule has 4 nitrogen and oxygen atoms in total. The zero-order valence-corrected chi connectivity index (χ0v) is 7.75. The Balaban J connectivity index is 2.75. The number of nitrogens with zero attached hydrogens (tertiary/aromatic N) is 2. The maximum Gasteiger partial charge on any atom is 0.254 e. The van der Waals surface area contributed by atoms with Gasteiger partial charge in [-0.3, -0.25) is 9.18 Å². The second kappa shape index (κ2) is 3.25. The molecular weight excluding hydrogens is 185 g/mol. The minimum atomic E-state index is -0.531. The molecule has 74 valence electrons. The maximum atomic E-state index is 12.2. The standard InChI is InChI=1S/C9H10FN3O/c1-6-7(2-4-10)9(14)12-8-3-5-11-13(6)8/h3,5H,2,4H2,1H3,(H,12,14). The number of nitrogens with one attached hydrogen (secondary N) is 1. The van der Waals surface area contributed by atoms with Crippen LogP contribution in [0.2, 0.25) is 0 Å². The third-order valence-electron chi connectivity index (χ3n) is 2.26. The molecule has 2 heterocycles. The summed E-state index contributed by atoms with van der Waals surface area (Å²) < 4.78 is 13.8. The molecule has 0 aliphatic heterocycles. The topological polar surface area (TPSA) is 50.2 Å². The van der Waals surface area contributed by atoms with Crippen molar-refractivity contribution in [1.82, 2.24) is 14.6 Å². The van der Waals surface area contributed by atoms with E-state index in [4.69, 9.17) is 0 Å². The second-order valence-electron chi connectivity index (χ2n) is 3.09. The van der Waals surface area contributed by atoms with Crippen LogP contribution in [0.5, 0.6) is 0 Å². The molecule has 0 saturated heterocycles. The summed E-state index contributed by atoms with van der Waals surface area (Å²) in [7, 11) is 0. The van der Waals surface area contributed by atoms with Gasteiger partial charge in [-0.25, -0.2) is 4.52 Å². The fourth-order valence-corrected chi connectivity index (χ4v) is 1.54. The van der Waals surface area contributed by atoms with Gasteiger partial charge in [-0.1, -0.05) is 0 Å². The number of aromatic amines is 1. The molecule has 0 bridgehead atoms.